The first-order valence-corrected chi connectivity index (χ1v) is 12.6. The molecule has 2 aromatic rings. The average Bonchev–Trinajstić information content (AvgIpc) is 2.78. The number of halogens is 2. The van der Waals surface area contributed by atoms with Crippen molar-refractivity contribution < 1.29 is 10.0 Å². The fourth-order valence-corrected chi connectivity index (χ4v) is 4.74. The summed E-state index contributed by atoms with van der Waals surface area (Å²) in [6, 6.07) is 7.94. The highest BCUT2D eigenvalue weighted by Gasteiger charge is 2.32. The van der Waals surface area contributed by atoms with Crippen LogP contribution in [0, 0.1) is 16.0 Å². The van der Waals surface area contributed by atoms with Gasteiger partial charge in [-0.3, -0.25) is 4.72 Å². The second kappa shape index (κ2) is 12.1. The van der Waals surface area contributed by atoms with Gasteiger partial charge in [-0.15, -0.1) is 0 Å². The van der Waals surface area contributed by atoms with Crippen molar-refractivity contribution in [1.82, 2.24) is 9.71 Å². The number of aromatic nitrogens is 1. The number of aromatic hydroxyl groups is 1. The Morgan fingerprint density at radius 3 is 2.39 bits per heavy atom. The first-order chi connectivity index (χ1) is 15.5. The summed E-state index contributed by atoms with van der Waals surface area (Å²) in [7, 11) is 0. The highest BCUT2D eigenvalue weighted by molar-refractivity contribution is 7.98. The quantitative estimate of drug-likeness (QED) is 0.243. The minimum absolute atomic E-state index is 0.0162. The molecule has 1 aliphatic heterocycles. The summed E-state index contributed by atoms with van der Waals surface area (Å²) in [5.41, 5.74) is 0.720. The van der Waals surface area contributed by atoms with Gasteiger partial charge in [0.25, 0.3) is 0 Å². The highest BCUT2D eigenvalue weighted by Crippen LogP contribution is 2.41. The molecule has 0 radical (unpaired) electrons. The van der Waals surface area contributed by atoms with Crippen LogP contribution in [0.2, 0.25) is 10.0 Å². The predicted octanol–water partition coefficient (Wildman–Crippen LogP) is 7.02. The van der Waals surface area contributed by atoms with Crippen LogP contribution in [0.5, 0.6) is 5.75 Å². The second-order valence-electron chi connectivity index (χ2n) is 8.57. The van der Waals surface area contributed by atoms with E-state index < -0.39 is 4.92 Å². The molecule has 2 heterocycles. The summed E-state index contributed by atoms with van der Waals surface area (Å²) in [5.74, 6) is 0.803. The maximum Gasteiger partial charge on any atom is 0.365 e. The lowest BCUT2D eigenvalue weighted by Crippen LogP contribution is -2.39. The van der Waals surface area contributed by atoms with E-state index in [4.69, 9.17) is 23.2 Å². The average molecular weight is 516 g/mol. The van der Waals surface area contributed by atoms with Gasteiger partial charge in [-0.05, 0) is 61.6 Å². The number of hydrogen-bond donors (Lipinski definition) is 2. The lowest BCUT2D eigenvalue weighted by molar-refractivity contribution is -0.389. The molecule has 33 heavy (non-hydrogen) atoms. The zero-order valence-electron chi connectivity index (χ0n) is 19.6. The topological polar surface area (TPSA) is 91.5 Å². The van der Waals surface area contributed by atoms with E-state index in [1.165, 1.54) is 12.1 Å². The van der Waals surface area contributed by atoms with Crippen LogP contribution in [0.15, 0.2) is 30.3 Å². The number of nitro groups is 1. The van der Waals surface area contributed by atoms with Crippen LogP contribution < -0.4 is 9.62 Å². The van der Waals surface area contributed by atoms with E-state index in [1.54, 1.807) is 30.1 Å². The Hall–Kier alpha value is -1.74. The molecule has 1 atom stereocenters. The molecule has 1 unspecified atom stereocenters. The molecule has 0 spiro atoms. The number of nitrogens with zero attached hydrogens (tertiary/aromatic N) is 3. The Bertz CT molecular complexity index is 948. The van der Waals surface area contributed by atoms with Crippen LogP contribution in [-0.2, 0) is 0 Å². The van der Waals surface area contributed by atoms with Crippen LogP contribution >= 0.6 is 35.1 Å². The number of benzene rings is 1. The van der Waals surface area contributed by atoms with Crippen LogP contribution in [-0.4, -0.2) is 32.9 Å². The van der Waals surface area contributed by atoms with E-state index in [2.05, 4.69) is 35.4 Å². The highest BCUT2D eigenvalue weighted by atomic mass is 35.5. The molecule has 0 bridgehead atoms. The number of phenols is 1. The summed E-state index contributed by atoms with van der Waals surface area (Å²) in [5, 5.41) is 22.3. The number of phenolic OH excluding ortho intramolecular Hbond substituents is 1. The number of pyridine rings is 1. The van der Waals surface area contributed by atoms with Crippen molar-refractivity contribution >= 4 is 46.8 Å². The number of rotatable bonds is 6. The van der Waals surface area contributed by atoms with Crippen molar-refractivity contribution in [2.45, 2.75) is 58.2 Å². The third-order valence-electron chi connectivity index (χ3n) is 5.14. The van der Waals surface area contributed by atoms with Crippen molar-refractivity contribution in [3.8, 4) is 5.75 Å². The lowest BCUT2D eigenvalue weighted by Gasteiger charge is -2.37. The summed E-state index contributed by atoms with van der Waals surface area (Å²) >= 11 is 13.9. The fourth-order valence-electron chi connectivity index (χ4n) is 3.61. The molecule has 1 aliphatic rings. The van der Waals surface area contributed by atoms with Gasteiger partial charge in [0.1, 0.15) is 5.75 Å². The van der Waals surface area contributed by atoms with Gasteiger partial charge in [-0.2, -0.15) is 0 Å². The molecule has 0 aliphatic carbocycles. The Kier molecular flexibility index (Phi) is 10.1. The molecular weight excluding hydrogens is 483 g/mol. The van der Waals surface area contributed by atoms with E-state index in [0.29, 0.717) is 29.0 Å². The Balaban J connectivity index is 0.00000187. The third kappa shape index (κ3) is 7.64. The van der Waals surface area contributed by atoms with Gasteiger partial charge >= 0.3 is 5.82 Å². The molecule has 182 valence electrons. The first kappa shape index (κ1) is 27.5. The molecule has 0 amide bonds. The SMILES string of the molecule is CC.CC(C)(C)SNC(c1cc(Cl)c(Cl)cc1O)C1CCN(c2cccc([N+](=O)[O-])n2)CC1. The van der Waals surface area contributed by atoms with Gasteiger partial charge in [0.05, 0.1) is 10.0 Å². The molecule has 1 aromatic heterocycles. The van der Waals surface area contributed by atoms with E-state index in [9.17, 15) is 15.2 Å². The van der Waals surface area contributed by atoms with Crippen molar-refractivity contribution in [3.05, 3.63) is 56.1 Å². The van der Waals surface area contributed by atoms with Gasteiger partial charge in [0.2, 0.25) is 5.82 Å². The zero-order valence-corrected chi connectivity index (χ0v) is 22.0. The van der Waals surface area contributed by atoms with E-state index in [-0.39, 0.29) is 28.3 Å². The molecule has 0 saturated carbocycles. The van der Waals surface area contributed by atoms with Crippen molar-refractivity contribution in [1.29, 1.82) is 0 Å². The van der Waals surface area contributed by atoms with Crippen molar-refractivity contribution in [2.24, 2.45) is 5.92 Å². The van der Waals surface area contributed by atoms with Crippen molar-refractivity contribution in [3.63, 3.8) is 0 Å². The van der Waals surface area contributed by atoms with Gasteiger partial charge in [0.15, 0.2) is 0 Å². The minimum Gasteiger partial charge on any atom is -0.508 e. The maximum absolute atomic E-state index is 11.0. The predicted molar refractivity (Wildman–Crippen MR) is 139 cm³/mol. The largest absolute Gasteiger partial charge is 0.508 e. The normalized spacial score (nSPS) is 15.5. The fraction of sp³-hybridized carbons (Fsp3) is 0.522. The van der Waals surface area contributed by atoms with Gasteiger partial charge in [0, 0.05) is 47.6 Å². The van der Waals surface area contributed by atoms with Crippen LogP contribution in [0.3, 0.4) is 0 Å². The van der Waals surface area contributed by atoms with E-state index in [1.807, 2.05) is 13.8 Å². The monoisotopic (exact) mass is 514 g/mol. The number of nitrogens with one attached hydrogen (secondary N) is 1. The zero-order chi connectivity index (χ0) is 24.8. The molecule has 10 heteroatoms. The summed E-state index contributed by atoms with van der Waals surface area (Å²) in [4.78, 5) is 16.8. The molecule has 1 aromatic carbocycles. The molecule has 7 nitrogen and oxygen atoms in total. The van der Waals surface area contributed by atoms with Gasteiger partial charge in [-0.1, -0.05) is 49.0 Å². The Morgan fingerprint density at radius 2 is 1.82 bits per heavy atom. The Labute approximate surface area is 210 Å². The van der Waals surface area contributed by atoms with Crippen LogP contribution in [0.1, 0.15) is 59.1 Å². The van der Waals surface area contributed by atoms with Crippen molar-refractivity contribution in [2.75, 3.05) is 18.0 Å². The smallest absolute Gasteiger partial charge is 0.365 e. The first-order valence-electron chi connectivity index (χ1n) is 11.0. The van der Waals surface area contributed by atoms with E-state index >= 15 is 0 Å². The van der Waals surface area contributed by atoms with E-state index in [0.717, 1.165) is 18.4 Å². The molecule has 2 N–H and O–H groups in total. The number of anilines is 1. The summed E-state index contributed by atoms with van der Waals surface area (Å²) < 4.78 is 3.53. The van der Waals surface area contributed by atoms with Crippen LogP contribution in [0.25, 0.3) is 0 Å². The van der Waals surface area contributed by atoms with Gasteiger partial charge < -0.3 is 20.1 Å². The molecule has 3 rings (SSSR count). The molecule has 1 saturated heterocycles. The molecule has 1 fully saturated rings. The summed E-state index contributed by atoms with van der Waals surface area (Å²) in [6.07, 6.45) is 1.65. The lowest BCUT2D eigenvalue weighted by atomic mass is 9.85. The Morgan fingerprint density at radius 1 is 1.21 bits per heavy atom. The number of hydrogen-bond acceptors (Lipinski definition) is 7. The summed E-state index contributed by atoms with van der Waals surface area (Å²) in [6.45, 7) is 11.8. The molecular formula is C23H32Cl2N4O3S. The standard InChI is InChI=1S/C21H26Cl2N4O3S.C2H6/c1-21(2,3)31-25-20(14-11-15(22)16(23)12-17(14)28)13-7-9-26(10-8-13)18-5-4-6-19(24-18)27(29)30;1-2/h4-6,11-13,20,25,28H,7-10H2,1-3H3;1-2H3. The number of piperidine rings is 1. The third-order valence-corrected chi connectivity index (χ3v) is 6.84. The second-order valence-corrected chi connectivity index (χ2v) is 11.0. The maximum atomic E-state index is 11.0. The minimum atomic E-state index is -0.479. The van der Waals surface area contributed by atoms with Gasteiger partial charge in [-0.25, -0.2) is 0 Å². The van der Waals surface area contributed by atoms with Crippen LogP contribution in [0.4, 0.5) is 11.6 Å².